The number of nitrogens with one attached hydrogen (secondary N) is 2. The fraction of sp³-hybridized carbons (Fsp3) is 0.318. The molecule has 2 aromatic carbocycles. The summed E-state index contributed by atoms with van der Waals surface area (Å²) in [5.41, 5.74) is 4.39. The number of hydrogen-bond donors (Lipinski definition) is 2. The summed E-state index contributed by atoms with van der Waals surface area (Å²) in [6, 6.07) is 13.6. The Labute approximate surface area is 169 Å². The number of carbonyl (C=O) groups excluding carboxylic acids is 2. The van der Waals surface area contributed by atoms with E-state index < -0.39 is 0 Å². The molecular formula is C22H25N5O2. The molecule has 1 aliphatic rings. The van der Waals surface area contributed by atoms with Crippen LogP contribution in [0.1, 0.15) is 21.6 Å². The maximum absolute atomic E-state index is 12.9. The van der Waals surface area contributed by atoms with Crippen LogP contribution in [-0.2, 0) is 4.79 Å². The molecule has 3 aromatic rings. The van der Waals surface area contributed by atoms with E-state index in [1.54, 1.807) is 4.90 Å². The van der Waals surface area contributed by atoms with Gasteiger partial charge in [-0.05, 0) is 43.2 Å². The highest BCUT2D eigenvalue weighted by molar-refractivity contribution is 6.04. The molecule has 0 spiro atoms. The van der Waals surface area contributed by atoms with Crippen molar-refractivity contribution in [3.63, 3.8) is 0 Å². The van der Waals surface area contributed by atoms with Crippen molar-refractivity contribution < 1.29 is 9.59 Å². The van der Waals surface area contributed by atoms with Gasteiger partial charge in [-0.25, -0.2) is 0 Å². The number of para-hydroxylation sites is 1. The SMILES string of the molecule is Cc1cc(C)cc(NC(=O)CN2CCN(C(=O)c3n[nH]c4ccccc34)CC2)c1. The van der Waals surface area contributed by atoms with Gasteiger partial charge < -0.3 is 10.2 Å². The van der Waals surface area contributed by atoms with Crippen LogP contribution in [0.2, 0.25) is 0 Å². The number of rotatable bonds is 4. The van der Waals surface area contributed by atoms with Crippen molar-refractivity contribution >= 4 is 28.4 Å². The van der Waals surface area contributed by atoms with E-state index in [2.05, 4.69) is 26.5 Å². The molecule has 7 nitrogen and oxygen atoms in total. The smallest absolute Gasteiger partial charge is 0.275 e. The number of aromatic amines is 1. The predicted octanol–water partition coefficient (Wildman–Crippen LogP) is 2.58. The minimum absolute atomic E-state index is 0.0342. The summed E-state index contributed by atoms with van der Waals surface area (Å²) in [7, 11) is 0. The van der Waals surface area contributed by atoms with Gasteiger partial charge >= 0.3 is 0 Å². The van der Waals surface area contributed by atoms with Crippen LogP contribution in [-0.4, -0.2) is 64.5 Å². The molecule has 1 fully saturated rings. The van der Waals surface area contributed by atoms with Crippen molar-refractivity contribution in [2.24, 2.45) is 0 Å². The summed E-state index contributed by atoms with van der Waals surface area (Å²) in [5.74, 6) is -0.102. The van der Waals surface area contributed by atoms with Crippen LogP contribution in [0.5, 0.6) is 0 Å². The van der Waals surface area contributed by atoms with Crippen LogP contribution in [0.3, 0.4) is 0 Å². The average molecular weight is 391 g/mol. The fourth-order valence-electron chi connectivity index (χ4n) is 3.84. The van der Waals surface area contributed by atoms with E-state index in [4.69, 9.17) is 0 Å². The first-order valence-electron chi connectivity index (χ1n) is 9.82. The van der Waals surface area contributed by atoms with Gasteiger partial charge in [0.25, 0.3) is 5.91 Å². The van der Waals surface area contributed by atoms with E-state index in [0.29, 0.717) is 38.4 Å². The minimum Gasteiger partial charge on any atom is -0.335 e. The topological polar surface area (TPSA) is 81.3 Å². The van der Waals surface area contributed by atoms with Gasteiger partial charge in [-0.15, -0.1) is 0 Å². The van der Waals surface area contributed by atoms with Crippen LogP contribution >= 0.6 is 0 Å². The lowest BCUT2D eigenvalue weighted by Crippen LogP contribution is -2.50. The second-order valence-electron chi connectivity index (χ2n) is 7.61. The Hall–Kier alpha value is -3.19. The highest BCUT2D eigenvalue weighted by atomic mass is 16.2. The Morgan fingerprint density at radius 1 is 1.03 bits per heavy atom. The van der Waals surface area contributed by atoms with E-state index >= 15 is 0 Å². The molecule has 7 heteroatoms. The molecule has 1 saturated heterocycles. The van der Waals surface area contributed by atoms with Crippen molar-refractivity contribution in [2.45, 2.75) is 13.8 Å². The molecule has 2 heterocycles. The maximum Gasteiger partial charge on any atom is 0.275 e. The molecule has 0 bridgehead atoms. The molecule has 1 aliphatic heterocycles. The number of nitrogens with zero attached hydrogens (tertiary/aromatic N) is 3. The maximum atomic E-state index is 12.9. The Kier molecular flexibility index (Phi) is 5.31. The van der Waals surface area contributed by atoms with Gasteiger partial charge in [-0.3, -0.25) is 19.6 Å². The summed E-state index contributed by atoms with van der Waals surface area (Å²) in [4.78, 5) is 29.1. The number of carbonyl (C=O) groups is 2. The number of aromatic nitrogens is 2. The first-order valence-corrected chi connectivity index (χ1v) is 9.82. The normalized spacial score (nSPS) is 14.9. The summed E-state index contributed by atoms with van der Waals surface area (Å²) in [6.45, 7) is 6.83. The van der Waals surface area contributed by atoms with E-state index in [1.807, 2.05) is 50.2 Å². The standard InChI is InChI=1S/C22H25N5O2/c1-15-11-16(2)13-17(12-15)23-20(28)14-26-7-9-27(10-8-26)22(29)21-18-5-3-4-6-19(18)24-25-21/h3-6,11-13H,7-10,14H2,1-2H3,(H,23,28)(H,24,25). The molecule has 29 heavy (non-hydrogen) atoms. The molecule has 1 aromatic heterocycles. The number of H-pyrrole nitrogens is 1. The van der Waals surface area contributed by atoms with Crippen LogP contribution in [0.4, 0.5) is 5.69 Å². The number of benzene rings is 2. The minimum atomic E-state index is -0.0678. The Bertz CT molecular complexity index is 1030. The third kappa shape index (κ3) is 4.30. The van der Waals surface area contributed by atoms with Crippen molar-refractivity contribution in [3.05, 3.63) is 59.3 Å². The Morgan fingerprint density at radius 2 is 1.72 bits per heavy atom. The lowest BCUT2D eigenvalue weighted by molar-refractivity contribution is -0.117. The van der Waals surface area contributed by atoms with Crippen LogP contribution in [0.15, 0.2) is 42.5 Å². The lowest BCUT2D eigenvalue weighted by Gasteiger charge is -2.34. The van der Waals surface area contributed by atoms with E-state index in [-0.39, 0.29) is 11.8 Å². The van der Waals surface area contributed by atoms with Crippen LogP contribution in [0.25, 0.3) is 10.9 Å². The van der Waals surface area contributed by atoms with Crippen LogP contribution < -0.4 is 5.32 Å². The van der Waals surface area contributed by atoms with Gasteiger partial charge in [-0.1, -0.05) is 24.3 Å². The van der Waals surface area contributed by atoms with Crippen molar-refractivity contribution in [1.29, 1.82) is 0 Å². The van der Waals surface area contributed by atoms with Gasteiger partial charge in [0.15, 0.2) is 5.69 Å². The van der Waals surface area contributed by atoms with Gasteiger partial charge in [0.1, 0.15) is 0 Å². The first kappa shape index (κ1) is 19.1. The number of amides is 2. The van der Waals surface area contributed by atoms with Crippen molar-refractivity contribution in [2.75, 3.05) is 38.0 Å². The zero-order valence-corrected chi connectivity index (χ0v) is 16.7. The van der Waals surface area contributed by atoms with Gasteiger partial charge in [0.05, 0.1) is 12.1 Å². The molecule has 0 atom stereocenters. The second kappa shape index (κ2) is 8.05. The van der Waals surface area contributed by atoms with Crippen LogP contribution in [0, 0.1) is 13.8 Å². The summed E-state index contributed by atoms with van der Waals surface area (Å²) >= 11 is 0. The molecule has 0 radical (unpaired) electrons. The van der Waals surface area contributed by atoms with Crippen molar-refractivity contribution in [1.82, 2.24) is 20.0 Å². The third-order valence-electron chi connectivity index (χ3n) is 5.21. The number of piperazine rings is 1. The predicted molar refractivity (Wildman–Crippen MR) is 113 cm³/mol. The Morgan fingerprint density at radius 3 is 2.45 bits per heavy atom. The number of anilines is 1. The number of fused-ring (bicyclic) bond motifs is 1. The summed E-state index contributed by atoms with van der Waals surface area (Å²) in [6.07, 6.45) is 0. The molecule has 2 amide bonds. The highest BCUT2D eigenvalue weighted by Gasteiger charge is 2.25. The van der Waals surface area contributed by atoms with E-state index in [0.717, 1.165) is 27.7 Å². The molecule has 150 valence electrons. The lowest BCUT2D eigenvalue weighted by atomic mass is 10.1. The summed E-state index contributed by atoms with van der Waals surface area (Å²) in [5, 5.41) is 10.9. The largest absolute Gasteiger partial charge is 0.335 e. The van der Waals surface area contributed by atoms with Gasteiger partial charge in [0, 0.05) is 37.3 Å². The molecule has 0 aliphatic carbocycles. The van der Waals surface area contributed by atoms with E-state index in [1.165, 1.54) is 0 Å². The fourth-order valence-corrected chi connectivity index (χ4v) is 3.84. The van der Waals surface area contributed by atoms with Crippen molar-refractivity contribution in [3.8, 4) is 0 Å². The quantitative estimate of drug-likeness (QED) is 0.716. The molecule has 2 N–H and O–H groups in total. The van der Waals surface area contributed by atoms with E-state index in [9.17, 15) is 9.59 Å². The first-order chi connectivity index (χ1) is 14.0. The second-order valence-corrected chi connectivity index (χ2v) is 7.61. The molecule has 0 saturated carbocycles. The monoisotopic (exact) mass is 391 g/mol. The average Bonchev–Trinajstić information content (AvgIpc) is 3.11. The zero-order valence-electron chi connectivity index (χ0n) is 16.7. The van der Waals surface area contributed by atoms with Gasteiger partial charge in [0.2, 0.25) is 5.91 Å². The molecule has 0 unspecified atom stereocenters. The highest BCUT2D eigenvalue weighted by Crippen LogP contribution is 2.18. The molecule has 4 rings (SSSR count). The molecular weight excluding hydrogens is 366 g/mol. The number of hydrogen-bond acceptors (Lipinski definition) is 4. The van der Waals surface area contributed by atoms with Gasteiger partial charge in [-0.2, -0.15) is 5.10 Å². The number of aryl methyl sites for hydroxylation is 2. The summed E-state index contributed by atoms with van der Waals surface area (Å²) < 4.78 is 0. The zero-order chi connectivity index (χ0) is 20.4. The third-order valence-corrected chi connectivity index (χ3v) is 5.21. The Balaban J connectivity index is 1.32.